The Balaban J connectivity index is 1.27. The van der Waals surface area contributed by atoms with Crippen molar-refractivity contribution in [3.05, 3.63) is 23.9 Å². The number of aliphatic hydroxyl groups is 1. The third-order valence-corrected chi connectivity index (χ3v) is 7.81. The minimum absolute atomic E-state index is 0.0812. The van der Waals surface area contributed by atoms with Crippen LogP contribution < -0.4 is 10.2 Å². The van der Waals surface area contributed by atoms with Crippen LogP contribution in [0.1, 0.15) is 50.6 Å². The van der Waals surface area contributed by atoms with Crippen molar-refractivity contribution in [2.24, 2.45) is 23.2 Å². The van der Waals surface area contributed by atoms with Crippen LogP contribution in [0.4, 0.5) is 19.0 Å². The molecule has 5 nitrogen and oxygen atoms in total. The minimum atomic E-state index is -4.47. The van der Waals surface area contributed by atoms with Crippen molar-refractivity contribution in [2.45, 2.75) is 63.3 Å². The number of nitrogens with zero attached hydrogens (tertiary/aromatic N) is 2. The zero-order valence-corrected chi connectivity index (χ0v) is 16.9. The number of piperidine rings is 1. The number of hydrogen-bond donors (Lipinski definition) is 2. The fraction of sp³-hybridized carbons (Fsp3) is 0.727. The molecular formula is C22H28F3N3O2. The second-order valence-corrected chi connectivity index (χ2v) is 9.88. The smallest absolute Gasteiger partial charge is 0.393 e. The Morgan fingerprint density at radius 3 is 2.63 bits per heavy atom. The zero-order chi connectivity index (χ0) is 21.1. The number of alkyl halides is 3. The topological polar surface area (TPSA) is 65.5 Å². The predicted octanol–water partition coefficient (Wildman–Crippen LogP) is 3.37. The third-order valence-electron chi connectivity index (χ3n) is 7.81. The normalized spacial score (nSPS) is 38.0. The van der Waals surface area contributed by atoms with Crippen molar-refractivity contribution in [2.75, 3.05) is 18.0 Å². The van der Waals surface area contributed by atoms with Gasteiger partial charge in [0.25, 0.3) is 0 Å². The Labute approximate surface area is 174 Å². The van der Waals surface area contributed by atoms with Crippen molar-refractivity contribution in [1.82, 2.24) is 10.3 Å². The second-order valence-electron chi connectivity index (χ2n) is 9.88. The van der Waals surface area contributed by atoms with E-state index in [0.29, 0.717) is 24.8 Å². The van der Waals surface area contributed by atoms with E-state index >= 15 is 0 Å². The summed E-state index contributed by atoms with van der Waals surface area (Å²) in [5, 5.41) is 13.7. The summed E-state index contributed by atoms with van der Waals surface area (Å²) in [7, 11) is 0. The van der Waals surface area contributed by atoms with Crippen LogP contribution in [0.15, 0.2) is 18.2 Å². The van der Waals surface area contributed by atoms with E-state index in [4.69, 9.17) is 0 Å². The summed E-state index contributed by atoms with van der Waals surface area (Å²) < 4.78 is 39.0. The molecule has 2 unspecified atom stereocenters. The number of amides is 1. The molecule has 3 atom stereocenters. The van der Waals surface area contributed by atoms with Gasteiger partial charge in [0.05, 0.1) is 11.5 Å². The molecule has 4 aliphatic carbocycles. The molecular weight excluding hydrogens is 395 g/mol. The SMILES string of the molecule is O=C(N[C@H]1CCCN(c2cccc(C(F)(F)F)n2)C1)C12CC3CC(C1)C(O)C(C3)C2. The summed E-state index contributed by atoms with van der Waals surface area (Å²) in [6, 6.07) is 3.86. The van der Waals surface area contributed by atoms with Gasteiger partial charge in [-0.2, -0.15) is 13.2 Å². The van der Waals surface area contributed by atoms with Crippen molar-refractivity contribution in [1.29, 1.82) is 0 Å². The molecule has 0 radical (unpaired) electrons. The Morgan fingerprint density at radius 2 is 1.93 bits per heavy atom. The largest absolute Gasteiger partial charge is 0.433 e. The van der Waals surface area contributed by atoms with Gasteiger partial charge < -0.3 is 15.3 Å². The van der Waals surface area contributed by atoms with Crippen LogP contribution in [-0.4, -0.2) is 41.2 Å². The number of anilines is 1. The molecule has 5 fully saturated rings. The summed E-state index contributed by atoms with van der Waals surface area (Å²) in [5.74, 6) is 1.39. The standard InChI is InChI=1S/C22H28F3N3O2/c23-22(24,25)17-4-1-5-18(27-17)28-6-2-3-16(12-28)26-20(30)21-9-13-7-14(10-21)19(29)15(8-13)11-21/h1,4-5,13-16,19,29H,2-3,6-12H2,(H,26,30)/t13?,14?,15?,16-,19?,21?/m0/s1. The Bertz CT molecular complexity index is 814. The maximum absolute atomic E-state index is 13.3. The summed E-state index contributed by atoms with van der Waals surface area (Å²) in [4.78, 5) is 19.0. The van der Waals surface area contributed by atoms with Gasteiger partial charge in [0.1, 0.15) is 11.5 Å². The van der Waals surface area contributed by atoms with Gasteiger partial charge >= 0.3 is 6.18 Å². The van der Waals surface area contributed by atoms with E-state index in [2.05, 4.69) is 10.3 Å². The Morgan fingerprint density at radius 1 is 1.20 bits per heavy atom. The first-order valence-electron chi connectivity index (χ1n) is 11.0. The van der Waals surface area contributed by atoms with E-state index in [1.165, 1.54) is 6.07 Å². The first-order valence-corrected chi connectivity index (χ1v) is 11.0. The summed E-state index contributed by atoms with van der Waals surface area (Å²) >= 11 is 0. The van der Waals surface area contributed by atoms with E-state index in [0.717, 1.165) is 51.0 Å². The lowest BCUT2D eigenvalue weighted by molar-refractivity contribution is -0.163. The number of aliphatic hydroxyl groups excluding tert-OH is 1. The number of carbonyl (C=O) groups excluding carboxylic acids is 1. The molecule has 1 aromatic rings. The fourth-order valence-electron chi connectivity index (χ4n) is 6.67. The second kappa shape index (κ2) is 7.11. The van der Waals surface area contributed by atoms with E-state index in [9.17, 15) is 23.1 Å². The molecule has 1 amide bonds. The monoisotopic (exact) mass is 423 g/mol. The molecule has 2 N–H and O–H groups in total. The molecule has 0 aromatic carbocycles. The van der Waals surface area contributed by atoms with Crippen LogP contribution in [0.5, 0.6) is 0 Å². The van der Waals surface area contributed by atoms with Crippen LogP contribution >= 0.6 is 0 Å². The van der Waals surface area contributed by atoms with Crippen LogP contribution in [0, 0.1) is 23.2 Å². The molecule has 6 rings (SSSR count). The number of rotatable bonds is 3. The molecule has 30 heavy (non-hydrogen) atoms. The first kappa shape index (κ1) is 20.1. The third kappa shape index (κ3) is 3.47. The van der Waals surface area contributed by atoms with E-state index in [1.807, 2.05) is 4.90 Å². The number of carbonyl (C=O) groups is 1. The van der Waals surface area contributed by atoms with Crippen molar-refractivity contribution >= 4 is 11.7 Å². The molecule has 8 heteroatoms. The predicted molar refractivity (Wildman–Crippen MR) is 105 cm³/mol. The van der Waals surface area contributed by atoms with Crippen LogP contribution in [0.2, 0.25) is 0 Å². The zero-order valence-electron chi connectivity index (χ0n) is 16.9. The number of halogens is 3. The summed E-state index contributed by atoms with van der Waals surface area (Å²) in [6.45, 7) is 1.10. The highest BCUT2D eigenvalue weighted by Gasteiger charge is 2.58. The van der Waals surface area contributed by atoms with E-state index in [-0.39, 0.29) is 35.3 Å². The molecule has 0 spiro atoms. The van der Waals surface area contributed by atoms with Crippen molar-refractivity contribution in [3.63, 3.8) is 0 Å². The van der Waals surface area contributed by atoms with Gasteiger partial charge in [-0.25, -0.2) is 4.98 Å². The Hall–Kier alpha value is -1.83. The van der Waals surface area contributed by atoms with Crippen LogP contribution in [0.25, 0.3) is 0 Å². The lowest BCUT2D eigenvalue weighted by atomic mass is 9.48. The molecule has 4 saturated carbocycles. The molecule has 1 saturated heterocycles. The highest BCUT2D eigenvalue weighted by molar-refractivity contribution is 5.83. The average molecular weight is 423 g/mol. The van der Waals surface area contributed by atoms with Gasteiger partial charge in [-0.05, 0) is 74.8 Å². The van der Waals surface area contributed by atoms with Gasteiger partial charge in [-0.3, -0.25) is 4.79 Å². The van der Waals surface area contributed by atoms with Gasteiger partial charge in [0, 0.05) is 19.1 Å². The minimum Gasteiger partial charge on any atom is -0.393 e. The van der Waals surface area contributed by atoms with Crippen molar-refractivity contribution < 1.29 is 23.1 Å². The quantitative estimate of drug-likeness (QED) is 0.783. The molecule has 4 bridgehead atoms. The van der Waals surface area contributed by atoms with E-state index < -0.39 is 11.9 Å². The Kier molecular flexibility index (Phi) is 4.76. The van der Waals surface area contributed by atoms with Crippen LogP contribution in [0.3, 0.4) is 0 Å². The lowest BCUT2D eigenvalue weighted by Gasteiger charge is -2.58. The van der Waals surface area contributed by atoms with Crippen LogP contribution in [-0.2, 0) is 11.0 Å². The summed E-state index contributed by atoms with van der Waals surface area (Å²) in [5.41, 5.74) is -1.26. The van der Waals surface area contributed by atoms with Crippen molar-refractivity contribution in [3.8, 4) is 0 Å². The number of pyridine rings is 1. The number of nitrogens with one attached hydrogen (secondary N) is 1. The van der Waals surface area contributed by atoms with Gasteiger partial charge in [-0.1, -0.05) is 6.07 Å². The molecule has 1 aliphatic heterocycles. The summed E-state index contributed by atoms with van der Waals surface area (Å²) in [6.07, 6.45) is 1.37. The van der Waals surface area contributed by atoms with E-state index in [1.54, 1.807) is 6.07 Å². The van der Waals surface area contributed by atoms with Gasteiger partial charge in [0.15, 0.2) is 0 Å². The molecule has 1 aromatic heterocycles. The highest BCUT2D eigenvalue weighted by Crippen LogP contribution is 2.60. The average Bonchev–Trinajstić information content (AvgIpc) is 2.71. The molecule has 164 valence electrons. The fourth-order valence-corrected chi connectivity index (χ4v) is 6.67. The van der Waals surface area contributed by atoms with Gasteiger partial charge in [0.2, 0.25) is 5.91 Å². The molecule has 2 heterocycles. The molecule has 5 aliphatic rings. The maximum Gasteiger partial charge on any atom is 0.433 e. The van der Waals surface area contributed by atoms with Gasteiger partial charge in [-0.15, -0.1) is 0 Å². The number of hydrogen-bond acceptors (Lipinski definition) is 4. The lowest BCUT2D eigenvalue weighted by Crippen LogP contribution is -2.60. The highest BCUT2D eigenvalue weighted by atomic mass is 19.4. The maximum atomic E-state index is 13.3. The first-order chi connectivity index (χ1) is 14.2. The number of aromatic nitrogens is 1.